The molecule has 21 heavy (non-hydrogen) atoms. The minimum absolute atomic E-state index is 0.242. The second kappa shape index (κ2) is 5.34. The van der Waals surface area contributed by atoms with E-state index in [9.17, 15) is 13.6 Å². The van der Waals surface area contributed by atoms with E-state index in [0.717, 1.165) is 5.13 Å². The number of hydrogen-bond acceptors (Lipinski definition) is 7. The van der Waals surface area contributed by atoms with Crippen molar-refractivity contribution in [3.8, 4) is 0 Å². The Hall–Kier alpha value is -1.55. The van der Waals surface area contributed by atoms with E-state index in [0.29, 0.717) is 26.2 Å². The van der Waals surface area contributed by atoms with Crippen molar-refractivity contribution in [2.24, 2.45) is 0 Å². The Labute approximate surface area is 124 Å². The van der Waals surface area contributed by atoms with E-state index in [1.165, 1.54) is 11.5 Å². The van der Waals surface area contributed by atoms with Gasteiger partial charge in [-0.15, -0.1) is 0 Å². The van der Waals surface area contributed by atoms with Gasteiger partial charge in [-0.3, -0.25) is 10.1 Å². The largest absolute Gasteiger partial charge is 0.367 e. The minimum atomic E-state index is -2.79. The van der Waals surface area contributed by atoms with E-state index in [-0.39, 0.29) is 11.9 Å². The molecule has 0 saturated carbocycles. The zero-order valence-corrected chi connectivity index (χ0v) is 12.1. The van der Waals surface area contributed by atoms with E-state index in [4.69, 9.17) is 5.73 Å². The van der Waals surface area contributed by atoms with Crippen molar-refractivity contribution in [2.75, 3.05) is 43.4 Å². The first-order valence-electron chi connectivity index (χ1n) is 6.69. The van der Waals surface area contributed by atoms with Gasteiger partial charge in [-0.05, 0) is 0 Å². The van der Waals surface area contributed by atoms with Crippen LogP contribution in [0, 0.1) is 0 Å². The standard InChI is InChI=1S/C11H16F2N6OS/c12-11(13)5-7(15-6-11)8(20)18-1-3-19(4-2-18)10-16-9(14)17-21-10/h7,15H,1-6H2,(H2,14,17). The molecule has 1 amide bonds. The molecule has 1 atom stereocenters. The summed E-state index contributed by atoms with van der Waals surface area (Å²) in [5, 5.41) is 3.33. The summed E-state index contributed by atoms with van der Waals surface area (Å²) in [7, 11) is 0. The maximum Gasteiger partial charge on any atom is 0.262 e. The normalized spacial score (nSPS) is 25.3. The number of carbonyl (C=O) groups is 1. The number of rotatable bonds is 2. The van der Waals surface area contributed by atoms with Gasteiger partial charge in [-0.2, -0.15) is 9.36 Å². The van der Waals surface area contributed by atoms with Gasteiger partial charge in [0.25, 0.3) is 5.92 Å². The Bertz CT molecular complexity index is 531. The molecule has 7 nitrogen and oxygen atoms in total. The number of nitrogens with two attached hydrogens (primary N) is 1. The lowest BCUT2D eigenvalue weighted by molar-refractivity contribution is -0.134. The summed E-state index contributed by atoms with van der Waals surface area (Å²) in [5.74, 6) is -2.79. The van der Waals surface area contributed by atoms with Crippen LogP contribution in [0.5, 0.6) is 0 Å². The highest BCUT2D eigenvalue weighted by molar-refractivity contribution is 7.09. The van der Waals surface area contributed by atoms with Crippen LogP contribution in [0.25, 0.3) is 0 Å². The molecule has 1 aromatic rings. The second-order valence-corrected chi connectivity index (χ2v) is 5.97. The van der Waals surface area contributed by atoms with E-state index in [2.05, 4.69) is 14.7 Å². The lowest BCUT2D eigenvalue weighted by atomic mass is 10.1. The summed E-state index contributed by atoms with van der Waals surface area (Å²) >= 11 is 1.22. The fourth-order valence-electron chi connectivity index (χ4n) is 2.58. The highest BCUT2D eigenvalue weighted by Crippen LogP contribution is 2.26. The van der Waals surface area contributed by atoms with Crippen LogP contribution in [-0.2, 0) is 4.79 Å². The third kappa shape index (κ3) is 3.05. The first-order chi connectivity index (χ1) is 9.94. The molecule has 0 aliphatic carbocycles. The summed E-state index contributed by atoms with van der Waals surface area (Å²) in [6, 6.07) is -0.774. The van der Waals surface area contributed by atoms with Gasteiger partial charge in [-0.1, -0.05) is 0 Å². The molecular weight excluding hydrogens is 302 g/mol. The number of piperazine rings is 1. The number of anilines is 2. The van der Waals surface area contributed by atoms with Crippen molar-refractivity contribution < 1.29 is 13.6 Å². The van der Waals surface area contributed by atoms with Gasteiger partial charge in [0.15, 0.2) is 0 Å². The zero-order valence-electron chi connectivity index (χ0n) is 11.3. The summed E-state index contributed by atoms with van der Waals surface area (Å²) in [4.78, 5) is 19.9. The Kier molecular flexibility index (Phi) is 3.66. The molecule has 3 heterocycles. The van der Waals surface area contributed by atoms with E-state index in [1.807, 2.05) is 4.90 Å². The molecule has 1 aromatic heterocycles. The fourth-order valence-corrected chi connectivity index (χ4v) is 3.23. The van der Waals surface area contributed by atoms with Gasteiger partial charge in [0.2, 0.25) is 17.0 Å². The number of nitrogens with zero attached hydrogens (tertiary/aromatic N) is 4. The van der Waals surface area contributed by atoms with Crippen molar-refractivity contribution >= 4 is 28.5 Å². The van der Waals surface area contributed by atoms with Crippen LogP contribution in [0.4, 0.5) is 19.9 Å². The average Bonchev–Trinajstić information content (AvgIpc) is 3.04. The molecule has 0 radical (unpaired) electrons. The smallest absolute Gasteiger partial charge is 0.262 e. The van der Waals surface area contributed by atoms with Crippen LogP contribution in [0.2, 0.25) is 0 Å². The van der Waals surface area contributed by atoms with E-state index in [1.54, 1.807) is 4.90 Å². The van der Waals surface area contributed by atoms with Crippen LogP contribution < -0.4 is 16.0 Å². The molecule has 10 heteroatoms. The Balaban J connectivity index is 1.55. The third-order valence-corrected chi connectivity index (χ3v) is 4.49. The molecular formula is C11H16F2N6OS. The summed E-state index contributed by atoms with van der Waals surface area (Å²) < 4.78 is 30.2. The molecule has 0 spiro atoms. The number of nitrogen functional groups attached to an aromatic ring is 1. The Morgan fingerprint density at radius 3 is 2.62 bits per heavy atom. The molecule has 3 rings (SSSR count). The maximum atomic E-state index is 13.1. The van der Waals surface area contributed by atoms with Crippen molar-refractivity contribution in [3.05, 3.63) is 0 Å². The van der Waals surface area contributed by atoms with Crippen molar-refractivity contribution in [1.29, 1.82) is 0 Å². The molecule has 116 valence electrons. The number of carbonyl (C=O) groups excluding carboxylic acids is 1. The van der Waals surface area contributed by atoms with E-state index >= 15 is 0 Å². The van der Waals surface area contributed by atoms with Crippen LogP contribution in [-0.4, -0.2) is 64.9 Å². The van der Waals surface area contributed by atoms with Crippen LogP contribution in [0.1, 0.15) is 6.42 Å². The quantitative estimate of drug-likeness (QED) is 0.783. The van der Waals surface area contributed by atoms with Crippen LogP contribution >= 0.6 is 11.5 Å². The topological polar surface area (TPSA) is 87.4 Å². The SMILES string of the molecule is Nc1nsc(N2CCN(C(=O)C3CC(F)(F)CN3)CC2)n1. The monoisotopic (exact) mass is 318 g/mol. The van der Waals surface area contributed by atoms with E-state index < -0.39 is 24.9 Å². The summed E-state index contributed by atoms with van der Waals surface area (Å²) in [6.45, 7) is 1.75. The fraction of sp³-hybridized carbons (Fsp3) is 0.727. The summed E-state index contributed by atoms with van der Waals surface area (Å²) in [6.07, 6.45) is -0.418. The van der Waals surface area contributed by atoms with Gasteiger partial charge in [0.1, 0.15) is 0 Å². The number of hydrogen-bond donors (Lipinski definition) is 2. The Morgan fingerprint density at radius 2 is 2.10 bits per heavy atom. The van der Waals surface area contributed by atoms with Gasteiger partial charge in [-0.25, -0.2) is 8.78 Å². The van der Waals surface area contributed by atoms with Gasteiger partial charge in [0, 0.05) is 44.1 Å². The van der Waals surface area contributed by atoms with Gasteiger partial charge in [0.05, 0.1) is 12.6 Å². The predicted molar refractivity (Wildman–Crippen MR) is 74.5 cm³/mol. The zero-order chi connectivity index (χ0) is 15.0. The molecule has 3 N–H and O–H groups in total. The third-order valence-electron chi connectivity index (χ3n) is 3.70. The first-order valence-corrected chi connectivity index (χ1v) is 7.46. The van der Waals surface area contributed by atoms with Crippen molar-refractivity contribution in [1.82, 2.24) is 19.6 Å². The van der Waals surface area contributed by atoms with Crippen LogP contribution in [0.3, 0.4) is 0 Å². The lowest BCUT2D eigenvalue weighted by Gasteiger charge is -2.35. The molecule has 2 fully saturated rings. The Morgan fingerprint density at radius 1 is 1.38 bits per heavy atom. The maximum absolute atomic E-state index is 13.1. The molecule has 2 aliphatic rings. The molecule has 0 aromatic carbocycles. The van der Waals surface area contributed by atoms with Crippen LogP contribution in [0.15, 0.2) is 0 Å². The minimum Gasteiger partial charge on any atom is -0.367 e. The van der Waals surface area contributed by atoms with Gasteiger partial charge < -0.3 is 15.5 Å². The number of amides is 1. The second-order valence-electron chi connectivity index (χ2n) is 5.24. The summed E-state index contributed by atoms with van der Waals surface area (Å²) in [5.41, 5.74) is 5.49. The van der Waals surface area contributed by atoms with Crippen molar-refractivity contribution in [2.45, 2.75) is 18.4 Å². The molecule has 2 aliphatic heterocycles. The number of nitrogens with one attached hydrogen (secondary N) is 1. The predicted octanol–water partition coefficient (Wildman–Crippen LogP) is -0.234. The lowest BCUT2D eigenvalue weighted by Crippen LogP contribution is -2.53. The molecule has 2 saturated heterocycles. The number of alkyl halides is 2. The first kappa shape index (κ1) is 14.4. The molecule has 1 unspecified atom stereocenters. The highest BCUT2D eigenvalue weighted by Gasteiger charge is 2.43. The number of halogens is 2. The average molecular weight is 318 g/mol. The number of aromatic nitrogens is 2. The van der Waals surface area contributed by atoms with Gasteiger partial charge >= 0.3 is 0 Å². The van der Waals surface area contributed by atoms with Crippen molar-refractivity contribution in [3.63, 3.8) is 0 Å². The molecule has 0 bridgehead atoms. The highest BCUT2D eigenvalue weighted by atomic mass is 32.1.